The van der Waals surface area contributed by atoms with Gasteiger partial charge in [-0.15, -0.1) is 5.10 Å². The third-order valence-corrected chi connectivity index (χ3v) is 4.81. The van der Waals surface area contributed by atoms with Crippen LogP contribution in [0.1, 0.15) is 44.7 Å². The van der Waals surface area contributed by atoms with Gasteiger partial charge in [-0.25, -0.2) is 4.98 Å². The van der Waals surface area contributed by atoms with E-state index in [9.17, 15) is 0 Å². The first-order valence-corrected chi connectivity index (χ1v) is 9.30. The zero-order valence-corrected chi connectivity index (χ0v) is 16.8. The number of nitrogens with one attached hydrogen (secondary N) is 1. The topological polar surface area (TPSA) is 89.7 Å². The number of aromatic amines is 1. The first-order chi connectivity index (χ1) is 12.3. The summed E-state index contributed by atoms with van der Waals surface area (Å²) in [7, 11) is 1.60. The maximum atomic E-state index is 6.08. The molecular weight excluding hydrogens is 374 g/mol. The van der Waals surface area contributed by atoms with Crippen molar-refractivity contribution in [1.29, 1.82) is 0 Å². The van der Waals surface area contributed by atoms with Crippen LogP contribution < -0.4 is 4.74 Å². The number of H-pyrrole nitrogens is 1. The minimum atomic E-state index is -0.160. The fourth-order valence-electron chi connectivity index (χ4n) is 2.20. The maximum Gasteiger partial charge on any atom is 0.239 e. The molecule has 0 fully saturated rings. The van der Waals surface area contributed by atoms with Crippen molar-refractivity contribution in [1.82, 2.24) is 25.3 Å². The highest BCUT2D eigenvalue weighted by atomic mass is 35.5. The number of hydrogen-bond donors (Lipinski definition) is 1. The quantitative estimate of drug-likeness (QED) is 0.630. The summed E-state index contributed by atoms with van der Waals surface area (Å²) < 4.78 is 10.7. The minimum Gasteiger partial charge on any atom is -0.496 e. The Balaban J connectivity index is 1.78. The number of methoxy groups -OCH3 is 1. The second kappa shape index (κ2) is 7.28. The van der Waals surface area contributed by atoms with Crippen molar-refractivity contribution < 1.29 is 9.26 Å². The third kappa shape index (κ3) is 4.02. The van der Waals surface area contributed by atoms with Gasteiger partial charge < -0.3 is 9.26 Å². The molecule has 26 heavy (non-hydrogen) atoms. The second-order valence-corrected chi connectivity index (χ2v) is 8.52. The number of aromatic nitrogens is 5. The van der Waals surface area contributed by atoms with Gasteiger partial charge in [0.25, 0.3) is 0 Å². The van der Waals surface area contributed by atoms with Crippen LogP contribution in [0.3, 0.4) is 0 Å². The summed E-state index contributed by atoms with van der Waals surface area (Å²) >= 11 is 7.51. The molecule has 7 nitrogen and oxygen atoms in total. The summed E-state index contributed by atoms with van der Waals surface area (Å²) in [6.07, 6.45) is 0. The van der Waals surface area contributed by atoms with E-state index >= 15 is 0 Å². The number of benzene rings is 1. The van der Waals surface area contributed by atoms with Crippen LogP contribution in [0.25, 0.3) is 11.4 Å². The van der Waals surface area contributed by atoms with Crippen molar-refractivity contribution in [2.75, 3.05) is 7.11 Å². The van der Waals surface area contributed by atoms with E-state index in [-0.39, 0.29) is 10.7 Å². The van der Waals surface area contributed by atoms with E-state index in [0.29, 0.717) is 33.5 Å². The van der Waals surface area contributed by atoms with Gasteiger partial charge in [-0.2, -0.15) is 4.98 Å². The van der Waals surface area contributed by atoms with Crippen LogP contribution in [0, 0.1) is 0 Å². The number of halogens is 1. The fraction of sp³-hybridized carbons (Fsp3) is 0.412. The minimum absolute atomic E-state index is 0.0801. The van der Waals surface area contributed by atoms with Crippen LogP contribution in [0.15, 0.2) is 27.9 Å². The highest BCUT2D eigenvalue weighted by Gasteiger charge is 2.24. The van der Waals surface area contributed by atoms with E-state index < -0.39 is 0 Å². The number of ether oxygens (including phenoxy) is 1. The first kappa shape index (κ1) is 18.7. The van der Waals surface area contributed by atoms with Gasteiger partial charge in [0, 0.05) is 10.4 Å². The summed E-state index contributed by atoms with van der Waals surface area (Å²) in [4.78, 5) is 9.00. The van der Waals surface area contributed by atoms with Gasteiger partial charge in [0.05, 0.1) is 17.9 Å². The van der Waals surface area contributed by atoms with Crippen molar-refractivity contribution in [3.8, 4) is 17.1 Å². The van der Waals surface area contributed by atoms with Crippen molar-refractivity contribution in [3.05, 3.63) is 34.9 Å². The molecule has 3 aromatic rings. The highest BCUT2D eigenvalue weighted by molar-refractivity contribution is 7.99. The van der Waals surface area contributed by atoms with Gasteiger partial charge in [0.1, 0.15) is 5.75 Å². The first-order valence-electron chi connectivity index (χ1n) is 8.05. The van der Waals surface area contributed by atoms with Crippen molar-refractivity contribution >= 4 is 23.4 Å². The molecule has 3 rings (SSSR count). The molecule has 0 aliphatic rings. The van der Waals surface area contributed by atoms with Crippen LogP contribution in [0.5, 0.6) is 5.75 Å². The van der Waals surface area contributed by atoms with E-state index in [2.05, 4.69) is 25.3 Å². The van der Waals surface area contributed by atoms with E-state index in [1.54, 1.807) is 25.3 Å². The molecule has 0 spiro atoms. The molecule has 0 saturated heterocycles. The van der Waals surface area contributed by atoms with Gasteiger partial charge in [0.2, 0.25) is 11.0 Å². The standard InChI is InChI=1S/C17H20ClN5O2S/c1-9(14-20-15(23-25-14)17(2,3)4)26-16-19-13(21-22-16)11-8-10(18)6-7-12(11)24-5/h6-9H,1-5H3,(H,19,21,22)/t9-/m1/s1. The molecule has 9 heteroatoms. The SMILES string of the molecule is COc1ccc(Cl)cc1-c1nc(S[C@H](C)c2nc(C(C)(C)C)no2)n[nH]1. The van der Waals surface area contributed by atoms with E-state index in [1.807, 2.05) is 27.7 Å². The van der Waals surface area contributed by atoms with Crippen molar-refractivity contribution in [2.24, 2.45) is 0 Å². The largest absolute Gasteiger partial charge is 0.496 e. The molecule has 0 aliphatic heterocycles. The summed E-state index contributed by atoms with van der Waals surface area (Å²) in [6, 6.07) is 5.34. The zero-order chi connectivity index (χ0) is 18.9. The van der Waals surface area contributed by atoms with Crippen LogP contribution >= 0.6 is 23.4 Å². The Morgan fingerprint density at radius 2 is 2.04 bits per heavy atom. The molecule has 0 bridgehead atoms. The van der Waals surface area contributed by atoms with Gasteiger partial charge in [-0.3, -0.25) is 5.10 Å². The average Bonchev–Trinajstić information content (AvgIpc) is 3.23. The lowest BCUT2D eigenvalue weighted by atomic mass is 9.96. The van der Waals surface area contributed by atoms with Gasteiger partial charge in [-0.05, 0) is 25.1 Å². The van der Waals surface area contributed by atoms with Crippen molar-refractivity contribution in [2.45, 2.75) is 43.5 Å². The second-order valence-electron chi connectivity index (χ2n) is 6.78. The lowest BCUT2D eigenvalue weighted by molar-refractivity contribution is 0.364. The van der Waals surface area contributed by atoms with Crippen LogP contribution in [0.2, 0.25) is 5.02 Å². The smallest absolute Gasteiger partial charge is 0.239 e. The molecule has 1 atom stereocenters. The lowest BCUT2D eigenvalue weighted by Crippen LogP contribution is -2.13. The Morgan fingerprint density at radius 3 is 2.69 bits per heavy atom. The predicted molar refractivity (Wildman–Crippen MR) is 101 cm³/mol. The molecule has 0 aliphatic carbocycles. The summed E-state index contributed by atoms with van der Waals surface area (Å²) in [5, 5.41) is 12.3. The summed E-state index contributed by atoms with van der Waals surface area (Å²) in [6.45, 7) is 8.10. The monoisotopic (exact) mass is 393 g/mol. The number of hydrogen-bond acceptors (Lipinski definition) is 7. The van der Waals surface area contributed by atoms with Crippen LogP contribution in [-0.4, -0.2) is 32.4 Å². The maximum absolute atomic E-state index is 6.08. The average molecular weight is 394 g/mol. The Hall–Kier alpha value is -2.06. The molecule has 0 saturated carbocycles. The fourth-order valence-corrected chi connectivity index (χ4v) is 3.13. The lowest BCUT2D eigenvalue weighted by Gasteiger charge is -2.11. The molecule has 2 aromatic heterocycles. The normalized spacial score (nSPS) is 13.0. The van der Waals surface area contributed by atoms with Gasteiger partial charge >= 0.3 is 0 Å². The highest BCUT2D eigenvalue weighted by Crippen LogP contribution is 2.35. The van der Waals surface area contributed by atoms with Crippen LogP contribution in [-0.2, 0) is 5.41 Å². The Labute approximate surface area is 160 Å². The van der Waals surface area contributed by atoms with E-state index in [4.69, 9.17) is 20.9 Å². The zero-order valence-electron chi connectivity index (χ0n) is 15.2. The molecule has 0 unspecified atom stereocenters. The van der Waals surface area contributed by atoms with Gasteiger partial charge in [-0.1, -0.05) is 49.3 Å². The van der Waals surface area contributed by atoms with Crippen molar-refractivity contribution in [3.63, 3.8) is 0 Å². The van der Waals surface area contributed by atoms with E-state index in [0.717, 1.165) is 5.56 Å². The third-order valence-electron chi connectivity index (χ3n) is 3.62. The molecule has 2 heterocycles. The molecule has 0 radical (unpaired) electrons. The summed E-state index contributed by atoms with van der Waals surface area (Å²) in [5.41, 5.74) is 0.590. The number of thioether (sulfide) groups is 1. The van der Waals surface area contributed by atoms with Crippen LogP contribution in [0.4, 0.5) is 0 Å². The Bertz CT molecular complexity index is 903. The molecular formula is C17H20ClN5O2S. The molecule has 1 N–H and O–H groups in total. The van der Waals surface area contributed by atoms with E-state index in [1.165, 1.54) is 11.8 Å². The number of rotatable bonds is 5. The Morgan fingerprint density at radius 1 is 1.27 bits per heavy atom. The summed E-state index contributed by atoms with van der Waals surface area (Å²) in [5.74, 6) is 2.48. The predicted octanol–water partition coefficient (Wildman–Crippen LogP) is 4.67. The molecule has 1 aromatic carbocycles. The molecule has 138 valence electrons. The van der Waals surface area contributed by atoms with Gasteiger partial charge in [0.15, 0.2) is 11.6 Å². The Kier molecular flexibility index (Phi) is 5.24. The molecule has 0 amide bonds. The number of nitrogens with zero attached hydrogens (tertiary/aromatic N) is 4.